The van der Waals surface area contributed by atoms with E-state index >= 15 is 0 Å². The number of nitrogens with zero attached hydrogens (tertiary/aromatic N) is 2. The van der Waals surface area contributed by atoms with Gasteiger partial charge in [-0.15, -0.1) is 10.2 Å². The molecule has 144 valence electrons. The van der Waals surface area contributed by atoms with Crippen LogP contribution in [-0.2, 0) is 4.79 Å². The molecule has 0 saturated carbocycles. The molecule has 1 N–H and O–H groups in total. The minimum atomic E-state index is -0.0414. The first-order valence-corrected chi connectivity index (χ1v) is 10.2. The molecule has 0 bridgehead atoms. The lowest BCUT2D eigenvalue weighted by molar-refractivity contribution is -0.113. The van der Waals surface area contributed by atoms with Crippen molar-refractivity contribution in [2.45, 2.75) is 39.6 Å². The van der Waals surface area contributed by atoms with Crippen LogP contribution in [0.15, 0.2) is 47.5 Å². The predicted molar refractivity (Wildman–Crippen MR) is 117 cm³/mol. The van der Waals surface area contributed by atoms with Gasteiger partial charge in [0, 0.05) is 11.3 Å². The Kier molecular flexibility index (Phi) is 6.15. The van der Waals surface area contributed by atoms with E-state index in [1.807, 2.05) is 26.0 Å². The van der Waals surface area contributed by atoms with Crippen molar-refractivity contribution >= 4 is 23.4 Å². The van der Waals surface area contributed by atoms with Crippen molar-refractivity contribution in [3.05, 3.63) is 70.3 Å². The summed E-state index contributed by atoms with van der Waals surface area (Å²) in [5.41, 5.74) is 8.58. The monoisotopic (exact) mass is 391 g/mol. The fourth-order valence-corrected chi connectivity index (χ4v) is 3.95. The van der Waals surface area contributed by atoms with Gasteiger partial charge in [-0.3, -0.25) is 4.79 Å². The van der Waals surface area contributed by atoms with Crippen molar-refractivity contribution in [3.63, 3.8) is 0 Å². The maximum atomic E-state index is 12.4. The SMILES string of the molecule is Cc1ccc(-c2ccc(SCC(=O)Nc3c(C)cc(C)cc3C)nn2)c(C)c1. The Morgan fingerprint density at radius 2 is 1.54 bits per heavy atom. The molecule has 4 nitrogen and oxygen atoms in total. The molecule has 0 aliphatic carbocycles. The number of hydrogen-bond donors (Lipinski definition) is 1. The van der Waals surface area contributed by atoms with E-state index in [-0.39, 0.29) is 5.91 Å². The van der Waals surface area contributed by atoms with Crippen molar-refractivity contribution in [1.82, 2.24) is 10.2 Å². The maximum Gasteiger partial charge on any atom is 0.234 e. The number of aryl methyl sites for hydroxylation is 5. The number of carbonyl (C=O) groups excluding carboxylic acids is 1. The summed E-state index contributed by atoms with van der Waals surface area (Å²) in [5, 5.41) is 12.4. The highest BCUT2D eigenvalue weighted by molar-refractivity contribution is 7.99. The summed E-state index contributed by atoms with van der Waals surface area (Å²) < 4.78 is 0. The third kappa shape index (κ3) is 4.78. The number of carbonyl (C=O) groups is 1. The highest BCUT2D eigenvalue weighted by Crippen LogP contribution is 2.25. The molecule has 3 rings (SSSR count). The quantitative estimate of drug-likeness (QED) is 0.590. The van der Waals surface area contributed by atoms with Crippen molar-refractivity contribution < 1.29 is 4.79 Å². The number of anilines is 1. The van der Waals surface area contributed by atoms with Gasteiger partial charge in [0.15, 0.2) is 0 Å². The molecule has 0 radical (unpaired) electrons. The number of rotatable bonds is 5. The van der Waals surface area contributed by atoms with Crippen LogP contribution in [0.3, 0.4) is 0 Å². The molecule has 2 aromatic carbocycles. The summed E-state index contributed by atoms with van der Waals surface area (Å²) >= 11 is 1.39. The molecule has 1 aromatic heterocycles. The van der Waals surface area contributed by atoms with Gasteiger partial charge in [0.2, 0.25) is 5.91 Å². The number of nitrogens with one attached hydrogen (secondary N) is 1. The lowest BCUT2D eigenvalue weighted by Gasteiger charge is -2.12. The van der Waals surface area contributed by atoms with Crippen LogP contribution in [0.5, 0.6) is 0 Å². The van der Waals surface area contributed by atoms with Crippen LogP contribution in [0.1, 0.15) is 27.8 Å². The second kappa shape index (κ2) is 8.57. The third-order valence-corrected chi connectivity index (χ3v) is 5.51. The third-order valence-electron chi connectivity index (χ3n) is 4.59. The van der Waals surface area contributed by atoms with Crippen LogP contribution in [0.2, 0.25) is 0 Å². The molecule has 28 heavy (non-hydrogen) atoms. The summed E-state index contributed by atoms with van der Waals surface area (Å²) in [4.78, 5) is 12.4. The Balaban J connectivity index is 1.63. The van der Waals surface area contributed by atoms with Crippen LogP contribution in [0.4, 0.5) is 5.69 Å². The fraction of sp³-hybridized carbons (Fsp3) is 0.261. The van der Waals surface area contributed by atoms with E-state index in [1.54, 1.807) is 0 Å². The van der Waals surface area contributed by atoms with Crippen LogP contribution < -0.4 is 5.32 Å². The standard InChI is InChI=1S/C23H25N3OS/c1-14-6-7-19(16(3)10-14)20-8-9-22(26-25-20)28-13-21(27)24-23-17(4)11-15(2)12-18(23)5/h6-12H,13H2,1-5H3,(H,24,27). The molecule has 0 aliphatic heterocycles. The normalized spacial score (nSPS) is 10.8. The van der Waals surface area contributed by atoms with E-state index in [0.717, 1.165) is 33.1 Å². The van der Waals surface area contributed by atoms with Crippen LogP contribution in [-0.4, -0.2) is 21.9 Å². The summed E-state index contributed by atoms with van der Waals surface area (Å²) in [5.74, 6) is 0.255. The number of hydrogen-bond acceptors (Lipinski definition) is 4. The average molecular weight is 392 g/mol. The van der Waals surface area contributed by atoms with Crippen molar-refractivity contribution in [1.29, 1.82) is 0 Å². The lowest BCUT2D eigenvalue weighted by atomic mass is 10.0. The summed E-state index contributed by atoms with van der Waals surface area (Å²) in [6, 6.07) is 14.3. The second-order valence-corrected chi connectivity index (χ2v) is 8.18. The zero-order valence-electron chi connectivity index (χ0n) is 17.0. The van der Waals surface area contributed by atoms with E-state index in [0.29, 0.717) is 5.75 Å². The topological polar surface area (TPSA) is 54.9 Å². The molecule has 0 unspecified atom stereocenters. The Bertz CT molecular complexity index is 990. The van der Waals surface area contributed by atoms with Gasteiger partial charge in [-0.2, -0.15) is 0 Å². The molecule has 5 heteroatoms. The van der Waals surface area contributed by atoms with E-state index in [1.165, 1.54) is 28.5 Å². The van der Waals surface area contributed by atoms with Crippen molar-refractivity contribution in [2.24, 2.45) is 0 Å². The van der Waals surface area contributed by atoms with Crippen molar-refractivity contribution in [2.75, 3.05) is 11.1 Å². The lowest BCUT2D eigenvalue weighted by Crippen LogP contribution is -2.16. The van der Waals surface area contributed by atoms with Gasteiger partial charge in [-0.1, -0.05) is 53.2 Å². The van der Waals surface area contributed by atoms with E-state index in [4.69, 9.17) is 0 Å². The first-order valence-electron chi connectivity index (χ1n) is 9.25. The highest BCUT2D eigenvalue weighted by atomic mass is 32.2. The zero-order chi connectivity index (χ0) is 20.3. The van der Waals surface area contributed by atoms with E-state index in [9.17, 15) is 4.79 Å². The fourth-order valence-electron chi connectivity index (χ4n) is 3.33. The molecule has 0 fully saturated rings. The smallest absolute Gasteiger partial charge is 0.234 e. The molecular weight excluding hydrogens is 366 g/mol. The minimum Gasteiger partial charge on any atom is -0.325 e. The van der Waals surface area contributed by atoms with Gasteiger partial charge in [-0.25, -0.2) is 0 Å². The highest BCUT2D eigenvalue weighted by Gasteiger charge is 2.10. The van der Waals surface area contributed by atoms with Gasteiger partial charge in [-0.05, 0) is 63.4 Å². The summed E-state index contributed by atoms with van der Waals surface area (Å²) in [7, 11) is 0. The van der Waals surface area contributed by atoms with Crippen LogP contribution in [0.25, 0.3) is 11.3 Å². The number of aromatic nitrogens is 2. The van der Waals surface area contributed by atoms with Gasteiger partial charge in [0.25, 0.3) is 0 Å². The molecule has 1 heterocycles. The zero-order valence-corrected chi connectivity index (χ0v) is 17.8. The number of benzene rings is 2. The van der Waals surface area contributed by atoms with Gasteiger partial charge in [0.05, 0.1) is 11.4 Å². The summed E-state index contributed by atoms with van der Waals surface area (Å²) in [6.07, 6.45) is 0. The van der Waals surface area contributed by atoms with E-state index in [2.05, 4.69) is 66.6 Å². The number of amides is 1. The molecule has 0 aliphatic rings. The van der Waals surface area contributed by atoms with Crippen LogP contribution in [0, 0.1) is 34.6 Å². The Hall–Kier alpha value is -2.66. The Morgan fingerprint density at radius 3 is 2.14 bits per heavy atom. The first kappa shape index (κ1) is 20.1. The molecular formula is C23H25N3OS. The molecule has 3 aromatic rings. The average Bonchev–Trinajstić information content (AvgIpc) is 2.63. The van der Waals surface area contributed by atoms with Gasteiger partial charge >= 0.3 is 0 Å². The number of thioether (sulfide) groups is 1. The first-order chi connectivity index (χ1) is 13.3. The molecule has 0 atom stereocenters. The van der Waals surface area contributed by atoms with Crippen LogP contribution >= 0.6 is 11.8 Å². The minimum absolute atomic E-state index is 0.0414. The molecule has 1 amide bonds. The van der Waals surface area contributed by atoms with Gasteiger partial charge in [0.1, 0.15) is 5.03 Å². The molecule has 0 spiro atoms. The maximum absolute atomic E-state index is 12.4. The Morgan fingerprint density at radius 1 is 0.857 bits per heavy atom. The van der Waals surface area contributed by atoms with Gasteiger partial charge < -0.3 is 5.32 Å². The largest absolute Gasteiger partial charge is 0.325 e. The second-order valence-electron chi connectivity index (χ2n) is 7.19. The summed E-state index contributed by atoms with van der Waals surface area (Å²) in [6.45, 7) is 10.2. The predicted octanol–water partition coefficient (Wildman–Crippen LogP) is 5.42. The molecule has 0 saturated heterocycles. The Labute approximate surface area is 170 Å². The van der Waals surface area contributed by atoms with E-state index < -0.39 is 0 Å². The van der Waals surface area contributed by atoms with Crippen molar-refractivity contribution in [3.8, 4) is 11.3 Å².